The van der Waals surface area contributed by atoms with Crippen LogP contribution in [0.1, 0.15) is 26.6 Å². The minimum absolute atomic E-state index is 0.262. The number of hydrogen-bond acceptors (Lipinski definition) is 3. The van der Waals surface area contributed by atoms with Crippen LogP contribution in [-0.2, 0) is 11.3 Å². The van der Waals surface area contributed by atoms with Crippen LogP contribution in [-0.4, -0.2) is 27.8 Å². The highest BCUT2D eigenvalue weighted by atomic mass is 16.5. The fraction of sp³-hybridized carbons (Fsp3) is 0.636. The Morgan fingerprint density at radius 2 is 2.25 bits per heavy atom. The number of nitrogens with zero attached hydrogens (tertiary/aromatic N) is 2. The van der Waals surface area contributed by atoms with Crippen molar-refractivity contribution >= 4 is 6.09 Å². The van der Waals surface area contributed by atoms with Gasteiger partial charge in [-0.2, -0.15) is 0 Å². The molecule has 1 aromatic rings. The number of hydrogen-bond donors (Lipinski definition) is 1. The van der Waals surface area contributed by atoms with Crippen LogP contribution < -0.4 is 5.32 Å². The zero-order valence-electron chi connectivity index (χ0n) is 10.3. The van der Waals surface area contributed by atoms with Crippen molar-refractivity contribution in [2.45, 2.75) is 39.8 Å². The summed E-state index contributed by atoms with van der Waals surface area (Å²) in [5.41, 5.74) is -0.262. The number of alkyl carbamates (subject to hydrolysis) is 1. The summed E-state index contributed by atoms with van der Waals surface area (Å²) in [5.74, 6) is 0.917. The van der Waals surface area contributed by atoms with Gasteiger partial charge in [-0.05, 0) is 27.7 Å². The van der Waals surface area contributed by atoms with Crippen molar-refractivity contribution in [3.63, 3.8) is 0 Å². The number of aryl methyl sites for hydroxylation is 1. The maximum atomic E-state index is 11.3. The first-order valence-electron chi connectivity index (χ1n) is 5.31. The van der Waals surface area contributed by atoms with E-state index >= 15 is 0 Å². The average Bonchev–Trinajstić information content (AvgIpc) is 2.48. The van der Waals surface area contributed by atoms with Crippen LogP contribution in [0.2, 0.25) is 0 Å². The van der Waals surface area contributed by atoms with E-state index in [1.807, 2.05) is 38.5 Å². The average molecular weight is 225 g/mol. The van der Waals surface area contributed by atoms with Crippen LogP contribution in [0, 0.1) is 6.92 Å². The maximum Gasteiger partial charge on any atom is 0.407 e. The van der Waals surface area contributed by atoms with Crippen LogP contribution in [0.4, 0.5) is 4.79 Å². The van der Waals surface area contributed by atoms with E-state index in [0.29, 0.717) is 13.2 Å². The molecule has 90 valence electrons. The molecule has 0 aliphatic heterocycles. The van der Waals surface area contributed by atoms with Crippen molar-refractivity contribution in [1.82, 2.24) is 14.9 Å². The highest BCUT2D eigenvalue weighted by Gasteiger charge is 2.14. The molecule has 0 spiro atoms. The zero-order chi connectivity index (χ0) is 12.2. The van der Waals surface area contributed by atoms with Crippen LogP contribution in [0.25, 0.3) is 0 Å². The number of imidazole rings is 1. The molecule has 5 heteroatoms. The molecule has 0 bridgehead atoms. The van der Waals surface area contributed by atoms with E-state index < -0.39 is 0 Å². The van der Waals surface area contributed by atoms with Crippen LogP contribution in [0.5, 0.6) is 0 Å². The smallest absolute Gasteiger partial charge is 0.407 e. The van der Waals surface area contributed by atoms with Crippen molar-refractivity contribution in [3.05, 3.63) is 18.2 Å². The van der Waals surface area contributed by atoms with Gasteiger partial charge in [0, 0.05) is 17.9 Å². The highest BCUT2D eigenvalue weighted by molar-refractivity contribution is 5.67. The third-order valence-corrected chi connectivity index (χ3v) is 1.97. The van der Waals surface area contributed by atoms with E-state index in [1.165, 1.54) is 0 Å². The zero-order valence-corrected chi connectivity index (χ0v) is 10.3. The lowest BCUT2D eigenvalue weighted by Gasteiger charge is -2.20. The fourth-order valence-corrected chi connectivity index (χ4v) is 1.22. The fourth-order valence-electron chi connectivity index (χ4n) is 1.22. The number of carbonyl (C=O) groups excluding carboxylic acids is 1. The minimum atomic E-state index is -0.384. The summed E-state index contributed by atoms with van der Waals surface area (Å²) >= 11 is 0. The van der Waals surface area contributed by atoms with Gasteiger partial charge in [-0.3, -0.25) is 0 Å². The van der Waals surface area contributed by atoms with Crippen molar-refractivity contribution in [2.75, 3.05) is 6.61 Å². The summed E-state index contributed by atoms with van der Waals surface area (Å²) in [7, 11) is 0. The molecule has 1 heterocycles. The summed E-state index contributed by atoms with van der Waals surface area (Å²) in [6, 6.07) is 0. The Kier molecular flexibility index (Phi) is 3.93. The molecule has 5 nitrogen and oxygen atoms in total. The Hall–Kier alpha value is -1.52. The molecule has 0 saturated heterocycles. The van der Waals surface area contributed by atoms with Gasteiger partial charge in [0.25, 0.3) is 0 Å². The Balaban J connectivity index is 2.26. The monoisotopic (exact) mass is 225 g/mol. The van der Waals surface area contributed by atoms with Gasteiger partial charge in [0.05, 0.1) is 6.54 Å². The lowest BCUT2D eigenvalue weighted by atomic mass is 10.1. The molecular formula is C11H19N3O2. The second-order valence-electron chi connectivity index (χ2n) is 4.68. The number of amides is 1. The molecule has 1 N–H and O–H groups in total. The second kappa shape index (κ2) is 5.01. The molecule has 0 radical (unpaired) electrons. The van der Waals surface area contributed by atoms with Gasteiger partial charge in [0.1, 0.15) is 12.4 Å². The predicted molar refractivity (Wildman–Crippen MR) is 61.2 cm³/mol. The van der Waals surface area contributed by atoms with E-state index in [1.54, 1.807) is 6.20 Å². The highest BCUT2D eigenvalue weighted by Crippen LogP contribution is 1.99. The van der Waals surface area contributed by atoms with E-state index in [-0.39, 0.29) is 11.6 Å². The molecule has 1 rings (SSSR count). The molecule has 1 aromatic heterocycles. The Bertz CT molecular complexity index is 352. The van der Waals surface area contributed by atoms with E-state index in [2.05, 4.69) is 10.3 Å². The largest absolute Gasteiger partial charge is 0.448 e. The summed E-state index contributed by atoms with van der Waals surface area (Å²) in [6.07, 6.45) is 3.20. The van der Waals surface area contributed by atoms with Gasteiger partial charge in [-0.15, -0.1) is 0 Å². The van der Waals surface area contributed by atoms with Crippen LogP contribution in [0.15, 0.2) is 12.4 Å². The molecule has 0 aliphatic rings. The SMILES string of the molecule is Cc1nccn1CCOC(=O)NC(C)(C)C. The van der Waals surface area contributed by atoms with Crippen LogP contribution in [0.3, 0.4) is 0 Å². The van der Waals surface area contributed by atoms with Gasteiger partial charge in [0.2, 0.25) is 0 Å². The number of ether oxygens (including phenoxy) is 1. The van der Waals surface area contributed by atoms with Crippen molar-refractivity contribution < 1.29 is 9.53 Å². The normalized spacial score (nSPS) is 11.2. The van der Waals surface area contributed by atoms with Crippen LogP contribution >= 0.6 is 0 Å². The molecular weight excluding hydrogens is 206 g/mol. The van der Waals surface area contributed by atoms with Gasteiger partial charge in [-0.1, -0.05) is 0 Å². The Morgan fingerprint density at radius 3 is 2.75 bits per heavy atom. The topological polar surface area (TPSA) is 56.2 Å². The molecule has 16 heavy (non-hydrogen) atoms. The first kappa shape index (κ1) is 12.5. The summed E-state index contributed by atoms with van der Waals surface area (Å²) in [6.45, 7) is 8.62. The molecule has 1 amide bonds. The molecule has 0 aromatic carbocycles. The van der Waals surface area contributed by atoms with Crippen molar-refractivity contribution in [3.8, 4) is 0 Å². The lowest BCUT2D eigenvalue weighted by Crippen LogP contribution is -2.41. The lowest BCUT2D eigenvalue weighted by molar-refractivity contribution is 0.133. The minimum Gasteiger partial charge on any atom is -0.448 e. The molecule has 0 fully saturated rings. The number of aromatic nitrogens is 2. The van der Waals surface area contributed by atoms with Crippen molar-refractivity contribution in [2.24, 2.45) is 0 Å². The number of carbonyl (C=O) groups is 1. The molecule has 0 unspecified atom stereocenters. The Morgan fingerprint density at radius 1 is 1.56 bits per heavy atom. The third kappa shape index (κ3) is 4.33. The summed E-state index contributed by atoms with van der Waals surface area (Å²) < 4.78 is 6.98. The third-order valence-electron chi connectivity index (χ3n) is 1.97. The molecule has 0 aliphatic carbocycles. The van der Waals surface area contributed by atoms with Crippen molar-refractivity contribution in [1.29, 1.82) is 0 Å². The maximum absolute atomic E-state index is 11.3. The van der Waals surface area contributed by atoms with Gasteiger partial charge < -0.3 is 14.6 Å². The standard InChI is InChI=1S/C11H19N3O2/c1-9-12-5-6-14(9)7-8-16-10(15)13-11(2,3)4/h5-6H,7-8H2,1-4H3,(H,13,15). The predicted octanol–water partition coefficient (Wildman–Crippen LogP) is 1.72. The second-order valence-corrected chi connectivity index (χ2v) is 4.68. The first-order valence-corrected chi connectivity index (χ1v) is 5.31. The van der Waals surface area contributed by atoms with E-state index in [4.69, 9.17) is 4.74 Å². The van der Waals surface area contributed by atoms with Gasteiger partial charge in [0.15, 0.2) is 0 Å². The van der Waals surface area contributed by atoms with Gasteiger partial charge in [-0.25, -0.2) is 9.78 Å². The van der Waals surface area contributed by atoms with Gasteiger partial charge >= 0.3 is 6.09 Å². The molecule has 0 atom stereocenters. The number of nitrogens with one attached hydrogen (secondary N) is 1. The Labute approximate surface area is 95.8 Å². The summed E-state index contributed by atoms with van der Waals surface area (Å²) in [4.78, 5) is 15.4. The number of rotatable bonds is 3. The summed E-state index contributed by atoms with van der Waals surface area (Å²) in [5, 5.41) is 2.73. The molecule has 0 saturated carbocycles. The quantitative estimate of drug-likeness (QED) is 0.852. The first-order chi connectivity index (χ1) is 7.38. The van der Waals surface area contributed by atoms with E-state index in [9.17, 15) is 4.79 Å². The van der Waals surface area contributed by atoms with E-state index in [0.717, 1.165) is 5.82 Å².